The normalized spacial score (nSPS) is 20.1. The van der Waals surface area contributed by atoms with E-state index in [2.05, 4.69) is 15.0 Å². The van der Waals surface area contributed by atoms with Crippen molar-refractivity contribution < 1.29 is 33.3 Å². The molecule has 0 spiro atoms. The highest BCUT2D eigenvalue weighted by atomic mass is 35.5. The number of nitrogens with zero attached hydrogens (tertiary/aromatic N) is 4. The number of imidazole rings is 1. The van der Waals surface area contributed by atoms with Gasteiger partial charge in [-0.2, -0.15) is 0 Å². The molecule has 0 saturated carbocycles. The number of ether oxygens (including phenoxy) is 4. The van der Waals surface area contributed by atoms with Gasteiger partial charge in [-0.05, 0) is 43.3 Å². The van der Waals surface area contributed by atoms with Gasteiger partial charge in [0, 0.05) is 0 Å². The topological polar surface area (TPSA) is 132 Å². The highest BCUT2D eigenvalue weighted by molar-refractivity contribution is 6.33. The third-order valence-corrected chi connectivity index (χ3v) is 7.36. The van der Waals surface area contributed by atoms with Gasteiger partial charge in [0.25, 0.3) is 0 Å². The lowest BCUT2D eigenvalue weighted by atomic mass is 10.0. The first kappa shape index (κ1) is 29.0. The summed E-state index contributed by atoms with van der Waals surface area (Å²) in [5.41, 5.74) is 1.44. The number of carbonyl (C=O) groups is 3. The Bertz CT molecular complexity index is 1790. The molecule has 1 fully saturated rings. The van der Waals surface area contributed by atoms with Crippen molar-refractivity contribution in [3.05, 3.63) is 125 Å². The average Bonchev–Trinajstić information content (AvgIpc) is 3.64. The van der Waals surface area contributed by atoms with Gasteiger partial charge >= 0.3 is 17.9 Å². The monoisotopic (exact) mass is 612 g/mol. The Morgan fingerprint density at radius 2 is 1.27 bits per heavy atom. The second kappa shape index (κ2) is 12.6. The van der Waals surface area contributed by atoms with Crippen molar-refractivity contribution >= 4 is 40.7 Å². The molecule has 5 atom stereocenters. The van der Waals surface area contributed by atoms with Crippen LogP contribution in [0.3, 0.4) is 0 Å². The Hall–Kier alpha value is -5.13. The van der Waals surface area contributed by atoms with E-state index in [1.165, 1.54) is 17.2 Å². The van der Waals surface area contributed by atoms with Crippen LogP contribution in [0.4, 0.5) is 0 Å². The van der Waals surface area contributed by atoms with Gasteiger partial charge in [-0.25, -0.2) is 29.3 Å². The van der Waals surface area contributed by atoms with E-state index in [1.54, 1.807) is 97.9 Å². The molecule has 0 amide bonds. The molecular formula is C32H25ClN4O7. The average molecular weight is 613 g/mol. The Morgan fingerprint density at radius 1 is 0.750 bits per heavy atom. The number of esters is 3. The van der Waals surface area contributed by atoms with Gasteiger partial charge in [0.2, 0.25) is 0 Å². The van der Waals surface area contributed by atoms with E-state index < -0.39 is 48.6 Å². The van der Waals surface area contributed by atoms with Crippen molar-refractivity contribution in [2.75, 3.05) is 0 Å². The Balaban J connectivity index is 1.40. The zero-order valence-electron chi connectivity index (χ0n) is 23.2. The molecular weight excluding hydrogens is 588 g/mol. The number of halogens is 1. The van der Waals surface area contributed by atoms with Gasteiger partial charge in [0.1, 0.15) is 24.1 Å². The summed E-state index contributed by atoms with van der Waals surface area (Å²) in [6.07, 6.45) is -2.94. The van der Waals surface area contributed by atoms with Crippen LogP contribution in [0.15, 0.2) is 104 Å². The quantitative estimate of drug-likeness (QED) is 0.133. The summed E-state index contributed by atoms with van der Waals surface area (Å²) in [5.74, 6) is -1.98. The maximum absolute atomic E-state index is 13.4. The first-order valence-electron chi connectivity index (χ1n) is 13.7. The van der Waals surface area contributed by atoms with Gasteiger partial charge in [-0.15, -0.1) is 0 Å². The molecule has 5 aromatic rings. The van der Waals surface area contributed by atoms with Crippen LogP contribution in [0, 0.1) is 0 Å². The van der Waals surface area contributed by atoms with E-state index in [-0.39, 0.29) is 21.8 Å². The Kier molecular flexibility index (Phi) is 8.31. The van der Waals surface area contributed by atoms with Crippen molar-refractivity contribution in [2.24, 2.45) is 0 Å². The van der Waals surface area contributed by atoms with Crippen LogP contribution in [0.5, 0.6) is 0 Å². The first-order chi connectivity index (χ1) is 21.4. The smallest absolute Gasteiger partial charge is 0.338 e. The van der Waals surface area contributed by atoms with Crippen LogP contribution in [-0.2, 0) is 18.9 Å². The molecule has 0 unspecified atom stereocenters. The minimum Gasteiger partial charge on any atom is -0.456 e. The van der Waals surface area contributed by atoms with Crippen LogP contribution < -0.4 is 0 Å². The van der Waals surface area contributed by atoms with Gasteiger partial charge in [-0.1, -0.05) is 66.2 Å². The summed E-state index contributed by atoms with van der Waals surface area (Å²) in [5, 5.41) is 0.110. The summed E-state index contributed by atoms with van der Waals surface area (Å²) in [6, 6.07) is 25.1. The van der Waals surface area contributed by atoms with Gasteiger partial charge in [0.15, 0.2) is 29.2 Å². The summed E-state index contributed by atoms with van der Waals surface area (Å²) in [4.78, 5) is 52.4. The number of carbonyl (C=O) groups excluding carboxylic acids is 3. The van der Waals surface area contributed by atoms with Crippen LogP contribution in [0.2, 0.25) is 5.15 Å². The van der Waals surface area contributed by atoms with Crippen molar-refractivity contribution in [1.82, 2.24) is 19.5 Å². The largest absolute Gasteiger partial charge is 0.456 e. The minimum atomic E-state index is -1.23. The number of fused-ring (bicyclic) bond motifs is 1. The van der Waals surface area contributed by atoms with E-state index in [4.69, 9.17) is 30.5 Å². The molecule has 11 nitrogen and oxygen atoms in total. The molecule has 12 heteroatoms. The molecule has 0 bridgehead atoms. The molecule has 0 radical (unpaired) electrons. The molecule has 6 rings (SSSR count). The lowest BCUT2D eigenvalue weighted by Gasteiger charge is -2.27. The number of hydrogen-bond donors (Lipinski definition) is 0. The van der Waals surface area contributed by atoms with E-state index in [9.17, 15) is 14.4 Å². The molecule has 2 aromatic heterocycles. The number of rotatable bonds is 8. The molecule has 222 valence electrons. The maximum atomic E-state index is 13.4. The van der Waals surface area contributed by atoms with E-state index in [0.717, 1.165) is 0 Å². The molecule has 44 heavy (non-hydrogen) atoms. The fraction of sp³-hybridized carbons (Fsp3) is 0.188. The predicted octanol–water partition coefficient (Wildman–Crippen LogP) is 5.07. The highest BCUT2D eigenvalue weighted by Crippen LogP contribution is 2.38. The van der Waals surface area contributed by atoms with E-state index in [0.29, 0.717) is 11.2 Å². The summed E-state index contributed by atoms with van der Waals surface area (Å²) >= 11 is 6.26. The SMILES string of the molecule is C[C@H](OC(=O)c1ccccc1)[C@H]1O[C@@H](n2cnc3c(Cl)ncnc32)[C@H](OC(=O)c2ccccc2)[C@@H]1OC(=O)c1ccccc1. The Labute approximate surface area is 256 Å². The predicted molar refractivity (Wildman–Crippen MR) is 157 cm³/mol. The van der Waals surface area contributed by atoms with Gasteiger partial charge in [-0.3, -0.25) is 4.57 Å². The number of hydrogen-bond acceptors (Lipinski definition) is 10. The zero-order valence-corrected chi connectivity index (χ0v) is 24.0. The second-order valence-electron chi connectivity index (χ2n) is 9.93. The molecule has 3 heterocycles. The summed E-state index contributed by atoms with van der Waals surface area (Å²) in [7, 11) is 0. The molecule has 3 aromatic carbocycles. The fourth-order valence-electron chi connectivity index (χ4n) is 4.95. The third-order valence-electron chi connectivity index (χ3n) is 7.08. The van der Waals surface area contributed by atoms with E-state index >= 15 is 0 Å². The van der Waals surface area contributed by atoms with Gasteiger partial charge < -0.3 is 18.9 Å². The lowest BCUT2D eigenvalue weighted by Crippen LogP contribution is -2.44. The molecule has 1 saturated heterocycles. The van der Waals surface area contributed by atoms with Crippen LogP contribution in [-0.4, -0.2) is 61.8 Å². The second-order valence-corrected chi connectivity index (χ2v) is 10.3. The number of benzene rings is 3. The molecule has 1 aliphatic heterocycles. The fourth-order valence-corrected chi connectivity index (χ4v) is 5.12. The molecule has 0 aliphatic carbocycles. The molecule has 1 aliphatic rings. The van der Waals surface area contributed by atoms with Crippen molar-refractivity contribution in [3.63, 3.8) is 0 Å². The maximum Gasteiger partial charge on any atom is 0.338 e. The molecule has 0 N–H and O–H groups in total. The summed E-state index contributed by atoms with van der Waals surface area (Å²) in [6.45, 7) is 1.61. The van der Waals surface area contributed by atoms with E-state index in [1.807, 2.05) is 0 Å². The lowest BCUT2D eigenvalue weighted by molar-refractivity contribution is -0.0869. The van der Waals surface area contributed by atoms with Crippen molar-refractivity contribution in [3.8, 4) is 0 Å². The first-order valence-corrected chi connectivity index (χ1v) is 14.0. The zero-order chi connectivity index (χ0) is 30.6. The minimum absolute atomic E-state index is 0.110. The summed E-state index contributed by atoms with van der Waals surface area (Å²) < 4.78 is 25.8. The number of aromatic nitrogens is 4. The van der Waals surface area contributed by atoms with Crippen LogP contribution in [0.1, 0.15) is 44.2 Å². The van der Waals surface area contributed by atoms with Crippen molar-refractivity contribution in [2.45, 2.75) is 37.6 Å². The van der Waals surface area contributed by atoms with Crippen molar-refractivity contribution in [1.29, 1.82) is 0 Å². The Morgan fingerprint density at radius 3 is 1.84 bits per heavy atom. The van der Waals surface area contributed by atoms with Crippen LogP contribution >= 0.6 is 11.6 Å². The standard InChI is InChI=1S/C32H25ClN4O7/c1-19(41-30(38)20-11-5-2-6-12-20)24-25(43-31(39)21-13-7-3-8-14-21)26(44-32(40)22-15-9-4-10-16-22)29(42-24)37-18-36-23-27(33)34-17-35-28(23)37/h2-19,24-26,29H,1H3/t19-,24+,25+,26+,29+/m0/s1. The van der Waals surface area contributed by atoms with Gasteiger partial charge in [0.05, 0.1) is 23.0 Å². The third kappa shape index (κ3) is 5.87. The van der Waals surface area contributed by atoms with Crippen LogP contribution in [0.25, 0.3) is 11.2 Å². The highest BCUT2D eigenvalue weighted by Gasteiger charge is 2.54.